The van der Waals surface area contributed by atoms with Gasteiger partial charge in [0.05, 0.1) is 17.4 Å². The van der Waals surface area contributed by atoms with Gasteiger partial charge in [-0.25, -0.2) is 0 Å². The fourth-order valence-corrected chi connectivity index (χ4v) is 3.49. The van der Waals surface area contributed by atoms with Gasteiger partial charge in [0.25, 0.3) is 11.8 Å². The van der Waals surface area contributed by atoms with E-state index in [1.54, 1.807) is 7.11 Å². The average molecular weight is 298 g/mol. The standard InChI is InChI=1S/C12H18N4O3S/c1-15-11(18)9-8(13)7(10(14)17)12(20-9)16-4-3-6(5-16)19-2/h6H,3-5,13H2,1-2H3,(H2,14,17)(H,15,18). The molecule has 0 radical (unpaired) electrons. The summed E-state index contributed by atoms with van der Waals surface area (Å²) in [6.45, 7) is 1.40. The predicted octanol–water partition coefficient (Wildman–Crippen LogP) is 0.0139. The molecular weight excluding hydrogens is 280 g/mol. The highest BCUT2D eigenvalue weighted by molar-refractivity contribution is 7.19. The summed E-state index contributed by atoms with van der Waals surface area (Å²) in [5.74, 6) is -0.937. The quantitative estimate of drug-likeness (QED) is 0.725. The van der Waals surface area contributed by atoms with E-state index in [1.165, 1.54) is 18.4 Å². The van der Waals surface area contributed by atoms with Gasteiger partial charge in [0, 0.05) is 27.2 Å². The van der Waals surface area contributed by atoms with Gasteiger partial charge in [-0.3, -0.25) is 9.59 Å². The molecule has 1 aliphatic rings. The summed E-state index contributed by atoms with van der Waals surface area (Å²) >= 11 is 1.19. The highest BCUT2D eigenvalue weighted by atomic mass is 32.1. The monoisotopic (exact) mass is 298 g/mol. The van der Waals surface area contributed by atoms with E-state index in [0.717, 1.165) is 13.0 Å². The zero-order chi connectivity index (χ0) is 14.9. The van der Waals surface area contributed by atoms with E-state index in [2.05, 4.69) is 5.32 Å². The first-order valence-corrected chi connectivity index (χ1v) is 7.03. The first-order valence-electron chi connectivity index (χ1n) is 6.21. The molecule has 1 atom stereocenters. The van der Waals surface area contributed by atoms with E-state index in [9.17, 15) is 9.59 Å². The van der Waals surface area contributed by atoms with Crippen LogP contribution in [0.15, 0.2) is 0 Å². The van der Waals surface area contributed by atoms with Crippen LogP contribution in [0.25, 0.3) is 0 Å². The number of amides is 2. The molecule has 2 rings (SSSR count). The Kier molecular flexibility index (Phi) is 4.15. The molecule has 1 aromatic heterocycles. The molecule has 8 heteroatoms. The largest absolute Gasteiger partial charge is 0.397 e. The Morgan fingerprint density at radius 1 is 1.50 bits per heavy atom. The number of nitrogens with zero attached hydrogens (tertiary/aromatic N) is 1. The van der Waals surface area contributed by atoms with Gasteiger partial charge in [-0.05, 0) is 6.42 Å². The highest BCUT2D eigenvalue weighted by Gasteiger charge is 2.31. The molecule has 2 amide bonds. The van der Waals surface area contributed by atoms with Crippen LogP contribution in [0.3, 0.4) is 0 Å². The minimum absolute atomic E-state index is 0.113. The summed E-state index contributed by atoms with van der Waals surface area (Å²) < 4.78 is 5.31. The smallest absolute Gasteiger partial charge is 0.263 e. The van der Waals surface area contributed by atoms with Crippen molar-refractivity contribution in [3.8, 4) is 0 Å². The third-order valence-electron chi connectivity index (χ3n) is 3.37. The Morgan fingerprint density at radius 3 is 2.70 bits per heavy atom. The van der Waals surface area contributed by atoms with Crippen LogP contribution < -0.4 is 21.7 Å². The molecule has 1 aliphatic heterocycles. The molecular formula is C12H18N4O3S. The third kappa shape index (κ3) is 2.44. The number of ether oxygens (including phenoxy) is 1. The van der Waals surface area contributed by atoms with E-state index < -0.39 is 5.91 Å². The number of carbonyl (C=O) groups excluding carboxylic acids is 2. The number of methoxy groups -OCH3 is 1. The van der Waals surface area contributed by atoms with Gasteiger partial charge in [-0.1, -0.05) is 0 Å². The molecule has 2 heterocycles. The predicted molar refractivity (Wildman–Crippen MR) is 78.3 cm³/mol. The molecule has 7 nitrogen and oxygen atoms in total. The lowest BCUT2D eigenvalue weighted by molar-refractivity contribution is 0.0967. The highest BCUT2D eigenvalue weighted by Crippen LogP contribution is 2.39. The normalized spacial score (nSPS) is 18.3. The SMILES string of the molecule is CNC(=O)c1sc(N2CCC(OC)C2)c(C(N)=O)c1N. The van der Waals surface area contributed by atoms with Gasteiger partial charge in [0.2, 0.25) is 0 Å². The number of hydrogen-bond donors (Lipinski definition) is 3. The molecule has 0 bridgehead atoms. The zero-order valence-corrected chi connectivity index (χ0v) is 12.3. The van der Waals surface area contributed by atoms with E-state index in [-0.39, 0.29) is 23.3 Å². The molecule has 20 heavy (non-hydrogen) atoms. The van der Waals surface area contributed by atoms with E-state index in [0.29, 0.717) is 16.4 Å². The lowest BCUT2D eigenvalue weighted by Crippen LogP contribution is -2.24. The number of rotatable bonds is 4. The fraction of sp³-hybridized carbons (Fsp3) is 0.500. The van der Waals surface area contributed by atoms with Crippen LogP contribution in [0.4, 0.5) is 10.7 Å². The Labute approximate surface area is 120 Å². The van der Waals surface area contributed by atoms with Crippen LogP contribution >= 0.6 is 11.3 Å². The number of nitrogens with one attached hydrogen (secondary N) is 1. The van der Waals surface area contributed by atoms with E-state index in [4.69, 9.17) is 16.2 Å². The number of hydrogen-bond acceptors (Lipinski definition) is 6. The van der Waals surface area contributed by atoms with Crippen molar-refractivity contribution >= 4 is 33.8 Å². The van der Waals surface area contributed by atoms with Crippen LogP contribution in [0, 0.1) is 0 Å². The lowest BCUT2D eigenvalue weighted by Gasteiger charge is -2.17. The topological polar surface area (TPSA) is 111 Å². The molecule has 5 N–H and O–H groups in total. The number of nitrogen functional groups attached to an aromatic ring is 1. The number of anilines is 2. The molecule has 0 aromatic carbocycles. The maximum atomic E-state index is 11.8. The van der Waals surface area contributed by atoms with Crippen LogP contribution in [-0.2, 0) is 4.74 Å². The van der Waals surface area contributed by atoms with Crippen LogP contribution in [0.5, 0.6) is 0 Å². The molecule has 0 aliphatic carbocycles. The minimum atomic E-state index is -0.621. The lowest BCUT2D eigenvalue weighted by atomic mass is 10.2. The summed E-state index contributed by atoms with van der Waals surface area (Å²) in [6.07, 6.45) is 0.976. The van der Waals surface area contributed by atoms with Crippen molar-refractivity contribution in [3.05, 3.63) is 10.4 Å². The van der Waals surface area contributed by atoms with Gasteiger partial charge in [-0.15, -0.1) is 11.3 Å². The molecule has 1 aromatic rings. The second-order valence-corrected chi connectivity index (χ2v) is 5.56. The van der Waals surface area contributed by atoms with Crippen LogP contribution in [0.2, 0.25) is 0 Å². The van der Waals surface area contributed by atoms with Gasteiger partial charge in [-0.2, -0.15) is 0 Å². The van der Waals surface area contributed by atoms with Crippen molar-refractivity contribution < 1.29 is 14.3 Å². The molecule has 1 unspecified atom stereocenters. The summed E-state index contributed by atoms with van der Waals surface area (Å²) in [4.78, 5) is 25.7. The van der Waals surface area contributed by atoms with Crippen LogP contribution in [0.1, 0.15) is 26.5 Å². The maximum Gasteiger partial charge on any atom is 0.263 e. The van der Waals surface area contributed by atoms with E-state index in [1.807, 2.05) is 4.90 Å². The number of thiophene rings is 1. The summed E-state index contributed by atoms with van der Waals surface area (Å²) in [7, 11) is 3.17. The van der Waals surface area contributed by atoms with Gasteiger partial charge < -0.3 is 26.4 Å². The Balaban J connectivity index is 2.42. The summed E-state index contributed by atoms with van der Waals surface area (Å²) in [5, 5.41) is 3.15. The van der Waals surface area contributed by atoms with Crippen molar-refractivity contribution in [2.45, 2.75) is 12.5 Å². The maximum absolute atomic E-state index is 11.8. The molecule has 110 valence electrons. The van der Waals surface area contributed by atoms with Gasteiger partial charge in [0.1, 0.15) is 9.88 Å². The summed E-state index contributed by atoms with van der Waals surface area (Å²) in [5.41, 5.74) is 11.7. The first-order chi connectivity index (χ1) is 9.49. The van der Waals surface area contributed by atoms with Crippen molar-refractivity contribution in [1.82, 2.24) is 5.32 Å². The van der Waals surface area contributed by atoms with Crippen molar-refractivity contribution in [2.75, 3.05) is 37.9 Å². The first kappa shape index (κ1) is 14.6. The Hall–Kier alpha value is -1.80. The van der Waals surface area contributed by atoms with Gasteiger partial charge >= 0.3 is 0 Å². The Bertz CT molecular complexity index is 543. The fourth-order valence-electron chi connectivity index (χ4n) is 2.28. The molecule has 1 fully saturated rings. The number of nitrogens with two attached hydrogens (primary N) is 2. The third-order valence-corrected chi connectivity index (χ3v) is 4.64. The van der Waals surface area contributed by atoms with Crippen molar-refractivity contribution in [3.63, 3.8) is 0 Å². The van der Waals surface area contributed by atoms with Crippen molar-refractivity contribution in [1.29, 1.82) is 0 Å². The second kappa shape index (κ2) is 5.68. The van der Waals surface area contributed by atoms with Crippen LogP contribution in [-0.4, -0.2) is 45.2 Å². The zero-order valence-electron chi connectivity index (χ0n) is 11.4. The molecule has 0 spiro atoms. The molecule has 0 saturated carbocycles. The average Bonchev–Trinajstić information content (AvgIpc) is 3.01. The van der Waals surface area contributed by atoms with Gasteiger partial charge in [0.15, 0.2) is 0 Å². The Morgan fingerprint density at radius 2 is 2.20 bits per heavy atom. The number of primary amides is 1. The number of carbonyl (C=O) groups is 2. The summed E-state index contributed by atoms with van der Waals surface area (Å²) in [6, 6.07) is 0. The second-order valence-electron chi connectivity index (χ2n) is 4.56. The van der Waals surface area contributed by atoms with E-state index >= 15 is 0 Å². The molecule has 1 saturated heterocycles. The van der Waals surface area contributed by atoms with Crippen molar-refractivity contribution in [2.24, 2.45) is 5.73 Å². The minimum Gasteiger partial charge on any atom is -0.397 e.